The average Bonchev–Trinajstić information content (AvgIpc) is 2.59. The maximum atomic E-state index is 13.0. The van der Waals surface area contributed by atoms with Gasteiger partial charge in [0.1, 0.15) is 11.8 Å². The minimum atomic E-state index is -0.620. The van der Waals surface area contributed by atoms with Crippen LogP contribution in [0.4, 0.5) is 5.69 Å². The highest BCUT2D eigenvalue weighted by molar-refractivity contribution is 9.10. The molecule has 8 heteroatoms. The second-order valence-electron chi connectivity index (χ2n) is 7.60. The molecule has 2 N–H and O–H groups in total. The average molecular weight is 488 g/mol. The fourth-order valence-corrected chi connectivity index (χ4v) is 3.80. The number of nitrogens with one attached hydrogen (secondary N) is 1. The number of hydrogen-bond acceptors (Lipinski definition) is 4. The predicted molar refractivity (Wildman–Crippen MR) is 118 cm³/mol. The Hall–Kier alpha value is -1.63. The van der Waals surface area contributed by atoms with Gasteiger partial charge < -0.3 is 10.4 Å². The Kier molecular flexibility index (Phi) is 6.79. The molecule has 0 saturated carbocycles. The van der Waals surface area contributed by atoms with Crippen LogP contribution < -0.4 is 5.32 Å². The third kappa shape index (κ3) is 4.50. The molecule has 0 aliphatic heterocycles. The molecule has 0 fully saturated rings. The number of rotatable bonds is 4. The van der Waals surface area contributed by atoms with Gasteiger partial charge in [-0.25, -0.2) is 0 Å². The molecule has 5 nitrogen and oxygen atoms in total. The summed E-state index contributed by atoms with van der Waals surface area (Å²) in [6.45, 7) is 9.18. The Labute approximate surface area is 182 Å². The number of aromatic hydroxyl groups is 1. The first-order chi connectivity index (χ1) is 12.9. The van der Waals surface area contributed by atoms with Crippen molar-refractivity contribution < 1.29 is 9.90 Å². The van der Waals surface area contributed by atoms with Crippen LogP contribution in [0.2, 0.25) is 10.0 Å². The van der Waals surface area contributed by atoms with E-state index in [0.717, 1.165) is 0 Å². The molecule has 0 aliphatic carbocycles. The van der Waals surface area contributed by atoms with Crippen molar-refractivity contribution in [3.8, 4) is 5.75 Å². The van der Waals surface area contributed by atoms with Crippen molar-refractivity contribution in [1.29, 1.82) is 0 Å². The summed E-state index contributed by atoms with van der Waals surface area (Å²) in [5.74, 6) is -0.631. The van der Waals surface area contributed by atoms with Crippen LogP contribution in [-0.2, 0) is 5.41 Å². The van der Waals surface area contributed by atoms with Crippen LogP contribution >= 0.6 is 39.1 Å². The Morgan fingerprint density at radius 2 is 1.75 bits per heavy atom. The van der Waals surface area contributed by atoms with Gasteiger partial charge in [0.15, 0.2) is 0 Å². The van der Waals surface area contributed by atoms with Gasteiger partial charge in [0.25, 0.3) is 5.91 Å². The number of carbonyl (C=O) groups excluding carboxylic acids is 1. The van der Waals surface area contributed by atoms with Crippen molar-refractivity contribution in [2.24, 2.45) is 5.18 Å². The Balaban J connectivity index is 2.52. The molecule has 1 atom stereocenters. The van der Waals surface area contributed by atoms with Gasteiger partial charge in [-0.1, -0.05) is 65.1 Å². The first kappa shape index (κ1) is 22.7. The molecule has 150 valence electrons. The minimum Gasteiger partial charge on any atom is -0.507 e. The minimum absolute atomic E-state index is 0.0895. The van der Waals surface area contributed by atoms with E-state index in [4.69, 9.17) is 23.2 Å². The zero-order valence-corrected chi connectivity index (χ0v) is 19.3. The lowest BCUT2D eigenvalue weighted by molar-refractivity contribution is 0.102. The molecule has 0 aliphatic rings. The lowest BCUT2D eigenvalue weighted by Gasteiger charge is -2.24. The van der Waals surface area contributed by atoms with Crippen molar-refractivity contribution in [2.75, 3.05) is 5.32 Å². The van der Waals surface area contributed by atoms with Crippen LogP contribution in [0, 0.1) is 11.8 Å². The molecule has 0 unspecified atom stereocenters. The summed E-state index contributed by atoms with van der Waals surface area (Å²) in [6, 6.07) is 4.25. The molecule has 2 aromatic carbocycles. The smallest absolute Gasteiger partial charge is 0.259 e. The maximum absolute atomic E-state index is 13.0. The number of phenols is 1. The lowest BCUT2D eigenvalue weighted by atomic mass is 9.84. The van der Waals surface area contributed by atoms with E-state index < -0.39 is 11.9 Å². The largest absolute Gasteiger partial charge is 0.507 e. The van der Waals surface area contributed by atoms with Crippen molar-refractivity contribution in [1.82, 2.24) is 0 Å². The van der Waals surface area contributed by atoms with Crippen LogP contribution in [0.25, 0.3) is 0 Å². The molecule has 2 rings (SSSR count). The summed E-state index contributed by atoms with van der Waals surface area (Å²) in [7, 11) is 0. The molecule has 1 amide bonds. The number of nitroso groups, excluding NO2 is 1. The van der Waals surface area contributed by atoms with Crippen LogP contribution in [0.1, 0.15) is 60.8 Å². The van der Waals surface area contributed by atoms with E-state index in [1.54, 1.807) is 13.8 Å². The van der Waals surface area contributed by atoms with Crippen LogP contribution in [-0.4, -0.2) is 11.0 Å². The van der Waals surface area contributed by atoms with E-state index in [1.807, 2.05) is 26.8 Å². The van der Waals surface area contributed by atoms with E-state index in [9.17, 15) is 14.8 Å². The normalized spacial score (nSPS) is 12.6. The van der Waals surface area contributed by atoms with Gasteiger partial charge in [-0.2, -0.15) is 4.91 Å². The van der Waals surface area contributed by atoms with Crippen molar-refractivity contribution >= 4 is 50.7 Å². The Bertz CT molecular complexity index is 932. The molecule has 0 heterocycles. The van der Waals surface area contributed by atoms with Gasteiger partial charge in [-0.3, -0.25) is 4.79 Å². The number of halogens is 3. The molecule has 0 aromatic heterocycles. The van der Waals surface area contributed by atoms with Crippen molar-refractivity contribution in [3.63, 3.8) is 0 Å². The van der Waals surface area contributed by atoms with E-state index in [-0.39, 0.29) is 32.5 Å². The van der Waals surface area contributed by atoms with Crippen molar-refractivity contribution in [2.45, 2.75) is 46.1 Å². The predicted octanol–water partition coefficient (Wildman–Crippen LogP) is 7.15. The van der Waals surface area contributed by atoms with Crippen molar-refractivity contribution in [3.05, 3.63) is 59.9 Å². The molecule has 0 saturated heterocycles. The first-order valence-corrected chi connectivity index (χ1v) is 10.1. The van der Waals surface area contributed by atoms with Gasteiger partial charge in [0, 0.05) is 10.0 Å². The number of amides is 1. The lowest BCUT2D eigenvalue weighted by Crippen LogP contribution is -2.18. The van der Waals surface area contributed by atoms with E-state index in [1.165, 1.54) is 12.1 Å². The highest BCUT2D eigenvalue weighted by atomic mass is 79.9. The topological polar surface area (TPSA) is 78.8 Å². The Morgan fingerprint density at radius 3 is 2.21 bits per heavy atom. The number of hydrogen-bond donors (Lipinski definition) is 2. The van der Waals surface area contributed by atoms with E-state index in [2.05, 4.69) is 26.4 Å². The molecule has 0 bridgehead atoms. The fraction of sp³-hybridized carbons (Fsp3) is 0.350. The molecule has 28 heavy (non-hydrogen) atoms. The second kappa shape index (κ2) is 8.39. The van der Waals surface area contributed by atoms with Crippen LogP contribution in [0.15, 0.2) is 27.8 Å². The summed E-state index contributed by atoms with van der Waals surface area (Å²) in [5.41, 5.74) is 1.73. The number of carbonyl (C=O) groups is 1. The standard InChI is InChI=1S/C20H21BrCl2N2O3/c1-9-13(21)8-12(20(3,4)5)18(26)16(9)19(27)24-17-14(22)6-11(7-15(17)23)10(2)25-28/h6-8,10,26H,1-5H3,(H,24,27)/t10-/m0/s1. The molecule has 0 spiro atoms. The van der Waals surface area contributed by atoms with Gasteiger partial charge in [-0.15, -0.1) is 0 Å². The monoisotopic (exact) mass is 486 g/mol. The summed E-state index contributed by atoms with van der Waals surface area (Å²) in [6.07, 6.45) is 0. The quantitative estimate of drug-likeness (QED) is 0.449. The maximum Gasteiger partial charge on any atom is 0.259 e. The summed E-state index contributed by atoms with van der Waals surface area (Å²) < 4.78 is 0.707. The molecular weight excluding hydrogens is 467 g/mol. The fourth-order valence-electron chi connectivity index (χ4n) is 2.77. The third-order valence-corrected chi connectivity index (χ3v) is 5.89. The molecule has 2 aromatic rings. The summed E-state index contributed by atoms with van der Waals surface area (Å²) in [4.78, 5) is 23.7. The second-order valence-corrected chi connectivity index (χ2v) is 9.27. The van der Waals surface area contributed by atoms with Gasteiger partial charge in [-0.05, 0) is 48.6 Å². The number of anilines is 1. The summed E-state index contributed by atoms with van der Waals surface area (Å²) >= 11 is 16.0. The van der Waals surface area contributed by atoms with Gasteiger partial charge in [0.2, 0.25) is 0 Å². The molecule has 0 radical (unpaired) electrons. The van der Waals surface area contributed by atoms with E-state index in [0.29, 0.717) is 21.2 Å². The van der Waals surface area contributed by atoms with Gasteiger partial charge >= 0.3 is 0 Å². The number of phenolic OH excluding ortho intramolecular Hbond substituents is 1. The first-order valence-electron chi connectivity index (χ1n) is 8.53. The van der Waals surface area contributed by atoms with Gasteiger partial charge in [0.05, 0.1) is 21.3 Å². The highest BCUT2D eigenvalue weighted by Crippen LogP contribution is 2.40. The zero-order chi connectivity index (χ0) is 21.4. The zero-order valence-electron chi connectivity index (χ0n) is 16.2. The molecular formula is C20H21BrCl2N2O3. The van der Waals surface area contributed by atoms with Crippen LogP contribution in [0.3, 0.4) is 0 Å². The number of nitrogens with zero attached hydrogens (tertiary/aromatic N) is 1. The highest BCUT2D eigenvalue weighted by Gasteiger charge is 2.27. The van der Waals surface area contributed by atoms with E-state index >= 15 is 0 Å². The number of benzene rings is 2. The van der Waals surface area contributed by atoms with Crippen LogP contribution in [0.5, 0.6) is 5.75 Å². The third-order valence-electron chi connectivity index (χ3n) is 4.47. The SMILES string of the molecule is Cc1c(Br)cc(C(C)(C)C)c(O)c1C(=O)Nc1c(Cl)cc([C@H](C)N=O)cc1Cl. The Morgan fingerprint density at radius 1 is 1.21 bits per heavy atom. The summed E-state index contributed by atoms with van der Waals surface area (Å²) in [5, 5.41) is 16.7.